The fourth-order valence-corrected chi connectivity index (χ4v) is 2.62. The summed E-state index contributed by atoms with van der Waals surface area (Å²) in [4.78, 5) is 0. The van der Waals surface area contributed by atoms with Gasteiger partial charge in [-0.3, -0.25) is 0 Å². The van der Waals surface area contributed by atoms with Gasteiger partial charge in [0.05, 0.1) is 6.54 Å². The van der Waals surface area contributed by atoms with Crippen LogP contribution in [0.3, 0.4) is 0 Å². The summed E-state index contributed by atoms with van der Waals surface area (Å²) in [5.41, 5.74) is 2.60. The van der Waals surface area contributed by atoms with Crippen molar-refractivity contribution in [3.8, 4) is 0 Å². The Balaban J connectivity index is 2.46. The minimum atomic E-state index is -0.275. The summed E-state index contributed by atoms with van der Waals surface area (Å²) in [6, 6.07) is 3.31. The molecule has 0 fully saturated rings. The van der Waals surface area contributed by atoms with E-state index in [1.165, 1.54) is 6.07 Å². The SMILES string of the molecule is Cc1ccc(F)c2oc(CNCC(C)C)c(C(C)C)c12. The minimum Gasteiger partial charge on any atom is -0.456 e. The fourth-order valence-electron chi connectivity index (χ4n) is 2.62. The Kier molecular flexibility index (Phi) is 4.48. The van der Waals surface area contributed by atoms with E-state index >= 15 is 0 Å². The lowest BCUT2D eigenvalue weighted by molar-refractivity contribution is 0.468. The molecule has 0 bridgehead atoms. The van der Waals surface area contributed by atoms with E-state index in [1.54, 1.807) is 0 Å². The van der Waals surface area contributed by atoms with Crippen molar-refractivity contribution in [2.75, 3.05) is 6.54 Å². The van der Waals surface area contributed by atoms with Crippen LogP contribution in [0, 0.1) is 18.7 Å². The Labute approximate surface area is 120 Å². The third kappa shape index (κ3) is 2.88. The first-order chi connectivity index (χ1) is 9.41. The standard InChI is InChI=1S/C17H24FNO/c1-10(2)8-19-9-14-15(11(3)4)16-12(5)6-7-13(18)17(16)20-14/h6-7,10-11,19H,8-9H2,1-5H3. The molecule has 1 heterocycles. The van der Waals surface area contributed by atoms with Crippen molar-refractivity contribution >= 4 is 11.0 Å². The molecule has 0 radical (unpaired) electrons. The number of nitrogens with one attached hydrogen (secondary N) is 1. The molecule has 1 N–H and O–H groups in total. The van der Waals surface area contributed by atoms with E-state index in [-0.39, 0.29) is 5.82 Å². The van der Waals surface area contributed by atoms with Gasteiger partial charge in [0, 0.05) is 10.9 Å². The summed E-state index contributed by atoms with van der Waals surface area (Å²) in [6.07, 6.45) is 0. The molecule has 0 aliphatic rings. The second-order valence-corrected chi connectivity index (χ2v) is 6.19. The molecule has 0 unspecified atom stereocenters. The molecule has 20 heavy (non-hydrogen) atoms. The van der Waals surface area contributed by atoms with E-state index < -0.39 is 0 Å². The van der Waals surface area contributed by atoms with Gasteiger partial charge in [-0.15, -0.1) is 0 Å². The highest BCUT2D eigenvalue weighted by Gasteiger charge is 2.20. The van der Waals surface area contributed by atoms with Crippen LogP contribution in [-0.4, -0.2) is 6.54 Å². The third-order valence-corrected chi connectivity index (χ3v) is 3.53. The van der Waals surface area contributed by atoms with Crippen LogP contribution in [0.25, 0.3) is 11.0 Å². The number of rotatable bonds is 5. The molecule has 1 aromatic heterocycles. The van der Waals surface area contributed by atoms with Gasteiger partial charge in [-0.1, -0.05) is 33.8 Å². The van der Waals surface area contributed by atoms with Crippen LogP contribution in [0.4, 0.5) is 4.39 Å². The summed E-state index contributed by atoms with van der Waals surface area (Å²) in [6.45, 7) is 12.2. The Morgan fingerprint density at radius 3 is 2.50 bits per heavy atom. The lowest BCUT2D eigenvalue weighted by atomic mass is 9.96. The molecule has 0 amide bonds. The van der Waals surface area contributed by atoms with E-state index in [0.29, 0.717) is 24.0 Å². The van der Waals surface area contributed by atoms with Crippen molar-refractivity contribution in [2.45, 2.75) is 47.1 Å². The second-order valence-electron chi connectivity index (χ2n) is 6.19. The van der Waals surface area contributed by atoms with Crippen LogP contribution in [0.2, 0.25) is 0 Å². The summed E-state index contributed by atoms with van der Waals surface area (Å²) in [7, 11) is 0. The monoisotopic (exact) mass is 277 g/mol. The highest BCUT2D eigenvalue weighted by molar-refractivity contribution is 5.86. The van der Waals surface area contributed by atoms with Crippen LogP contribution in [0.15, 0.2) is 16.5 Å². The molecule has 2 aromatic rings. The predicted molar refractivity (Wildman–Crippen MR) is 81.5 cm³/mol. The molecule has 0 atom stereocenters. The van der Waals surface area contributed by atoms with E-state index in [1.807, 2.05) is 13.0 Å². The van der Waals surface area contributed by atoms with Crippen molar-refractivity contribution in [1.29, 1.82) is 0 Å². The highest BCUT2D eigenvalue weighted by atomic mass is 19.1. The Morgan fingerprint density at radius 1 is 1.20 bits per heavy atom. The first-order valence-corrected chi connectivity index (χ1v) is 7.32. The van der Waals surface area contributed by atoms with Gasteiger partial charge in [0.1, 0.15) is 5.76 Å². The van der Waals surface area contributed by atoms with E-state index in [4.69, 9.17) is 4.42 Å². The molecule has 0 spiro atoms. The number of hydrogen-bond acceptors (Lipinski definition) is 2. The molecule has 110 valence electrons. The van der Waals surface area contributed by atoms with Gasteiger partial charge < -0.3 is 9.73 Å². The van der Waals surface area contributed by atoms with Gasteiger partial charge in [0.15, 0.2) is 11.4 Å². The summed E-state index contributed by atoms with van der Waals surface area (Å²) in [5, 5.41) is 4.33. The number of aryl methyl sites for hydroxylation is 1. The molecule has 0 saturated carbocycles. The zero-order valence-electron chi connectivity index (χ0n) is 13.0. The first kappa shape index (κ1) is 15.0. The Morgan fingerprint density at radius 2 is 1.90 bits per heavy atom. The summed E-state index contributed by atoms with van der Waals surface area (Å²) >= 11 is 0. The number of fused-ring (bicyclic) bond motifs is 1. The Hall–Kier alpha value is -1.35. The lowest BCUT2D eigenvalue weighted by Crippen LogP contribution is -2.19. The van der Waals surface area contributed by atoms with Gasteiger partial charge in [-0.05, 0) is 36.9 Å². The van der Waals surface area contributed by atoms with Crippen molar-refractivity contribution in [1.82, 2.24) is 5.32 Å². The summed E-state index contributed by atoms with van der Waals surface area (Å²) in [5.74, 6) is 1.49. The van der Waals surface area contributed by atoms with Crippen LogP contribution < -0.4 is 5.32 Å². The number of benzene rings is 1. The predicted octanol–water partition coefficient (Wildman–Crippen LogP) is 4.75. The zero-order chi connectivity index (χ0) is 14.9. The maximum absolute atomic E-state index is 14.0. The number of furan rings is 1. The highest BCUT2D eigenvalue weighted by Crippen LogP contribution is 2.35. The Bertz CT molecular complexity index is 599. The van der Waals surface area contributed by atoms with Crippen LogP contribution in [0.5, 0.6) is 0 Å². The molecule has 0 aliphatic carbocycles. The second kappa shape index (κ2) is 5.96. The van der Waals surface area contributed by atoms with Gasteiger partial charge in [0.2, 0.25) is 0 Å². The average molecular weight is 277 g/mol. The fraction of sp³-hybridized carbons (Fsp3) is 0.529. The zero-order valence-corrected chi connectivity index (χ0v) is 13.0. The number of halogens is 1. The lowest BCUT2D eigenvalue weighted by Gasteiger charge is -2.10. The molecular weight excluding hydrogens is 253 g/mol. The van der Waals surface area contributed by atoms with Crippen LogP contribution in [0.1, 0.15) is 50.5 Å². The molecule has 3 heteroatoms. The quantitative estimate of drug-likeness (QED) is 0.853. The van der Waals surface area contributed by atoms with Crippen molar-refractivity contribution in [3.63, 3.8) is 0 Å². The molecule has 0 aliphatic heterocycles. The van der Waals surface area contributed by atoms with Crippen molar-refractivity contribution in [3.05, 3.63) is 34.8 Å². The maximum atomic E-state index is 14.0. The van der Waals surface area contributed by atoms with E-state index in [0.717, 1.165) is 28.8 Å². The molecule has 0 saturated heterocycles. The minimum absolute atomic E-state index is 0.275. The average Bonchev–Trinajstić information content (AvgIpc) is 2.74. The van der Waals surface area contributed by atoms with Gasteiger partial charge in [-0.25, -0.2) is 4.39 Å². The largest absolute Gasteiger partial charge is 0.456 e. The van der Waals surface area contributed by atoms with Gasteiger partial charge in [0.25, 0.3) is 0 Å². The van der Waals surface area contributed by atoms with E-state index in [9.17, 15) is 4.39 Å². The van der Waals surface area contributed by atoms with Crippen molar-refractivity contribution in [2.24, 2.45) is 5.92 Å². The van der Waals surface area contributed by atoms with E-state index in [2.05, 4.69) is 33.0 Å². The number of hydrogen-bond donors (Lipinski definition) is 1. The molecule has 1 aromatic carbocycles. The smallest absolute Gasteiger partial charge is 0.170 e. The summed E-state index contributed by atoms with van der Waals surface area (Å²) < 4.78 is 19.8. The van der Waals surface area contributed by atoms with Crippen LogP contribution in [-0.2, 0) is 6.54 Å². The van der Waals surface area contributed by atoms with Crippen LogP contribution >= 0.6 is 0 Å². The first-order valence-electron chi connectivity index (χ1n) is 7.32. The van der Waals surface area contributed by atoms with Gasteiger partial charge >= 0.3 is 0 Å². The molecule has 2 rings (SSSR count). The topological polar surface area (TPSA) is 25.2 Å². The third-order valence-electron chi connectivity index (χ3n) is 3.53. The maximum Gasteiger partial charge on any atom is 0.170 e. The normalized spacial score (nSPS) is 12.0. The molecule has 2 nitrogen and oxygen atoms in total. The van der Waals surface area contributed by atoms with Gasteiger partial charge in [-0.2, -0.15) is 0 Å². The molecular formula is C17H24FNO. The van der Waals surface area contributed by atoms with Crippen molar-refractivity contribution < 1.29 is 8.81 Å².